The maximum atomic E-state index is 13.0. The number of nitrogens with one attached hydrogen (secondary N) is 2. The number of rotatable bonds is 5. The molecule has 0 unspecified atom stereocenters. The van der Waals surface area contributed by atoms with Crippen LogP contribution in [0.3, 0.4) is 0 Å². The lowest BCUT2D eigenvalue weighted by Gasteiger charge is -2.08. The SMILES string of the molecule is Cc1ccc(-c2nnn(Cc3nc4sc(C(=O)Nc5ccc(C)cc5C)c(C)c4c(=O)[nH]3)n2)cc1. The van der Waals surface area contributed by atoms with Crippen LogP contribution < -0.4 is 10.9 Å². The van der Waals surface area contributed by atoms with Gasteiger partial charge in [-0.05, 0) is 50.1 Å². The summed E-state index contributed by atoms with van der Waals surface area (Å²) in [5.74, 6) is 0.614. The zero-order chi connectivity index (χ0) is 24.7. The number of hydrogen-bond donors (Lipinski definition) is 2. The number of fused-ring (bicyclic) bond motifs is 1. The summed E-state index contributed by atoms with van der Waals surface area (Å²) in [5.41, 5.74) is 5.13. The van der Waals surface area contributed by atoms with Gasteiger partial charge in [-0.1, -0.05) is 47.5 Å². The number of H-pyrrole nitrogens is 1. The summed E-state index contributed by atoms with van der Waals surface area (Å²) in [4.78, 5) is 35.6. The van der Waals surface area contributed by atoms with Crippen LogP contribution in [0, 0.1) is 27.7 Å². The molecule has 0 bridgehead atoms. The zero-order valence-corrected chi connectivity index (χ0v) is 20.5. The van der Waals surface area contributed by atoms with Gasteiger partial charge in [-0.25, -0.2) is 4.98 Å². The minimum Gasteiger partial charge on any atom is -0.321 e. The van der Waals surface area contributed by atoms with Crippen LogP contribution in [0.2, 0.25) is 0 Å². The molecule has 0 aliphatic heterocycles. The molecular weight excluding hydrogens is 462 g/mol. The van der Waals surface area contributed by atoms with E-state index >= 15 is 0 Å². The zero-order valence-electron chi connectivity index (χ0n) is 19.7. The van der Waals surface area contributed by atoms with E-state index in [0.29, 0.717) is 32.3 Å². The molecule has 0 spiro atoms. The first-order chi connectivity index (χ1) is 16.8. The van der Waals surface area contributed by atoms with Crippen LogP contribution in [-0.4, -0.2) is 36.1 Å². The number of amides is 1. The van der Waals surface area contributed by atoms with E-state index in [-0.39, 0.29) is 18.0 Å². The molecule has 3 heterocycles. The Morgan fingerprint density at radius 3 is 2.54 bits per heavy atom. The molecule has 0 aliphatic rings. The standard InChI is InChI=1S/C25H23N7O2S/c1-13-5-8-17(9-6-13)22-29-31-32(30-22)12-19-27-23(33)20-16(4)21(35-25(20)28-19)24(34)26-18-10-7-14(2)11-15(18)3/h5-11H,12H2,1-4H3,(H,26,34)(H,27,28,33). The predicted octanol–water partition coefficient (Wildman–Crippen LogP) is 4.17. The van der Waals surface area contributed by atoms with Gasteiger partial charge in [-0.3, -0.25) is 9.59 Å². The van der Waals surface area contributed by atoms with E-state index in [1.165, 1.54) is 16.1 Å². The Morgan fingerprint density at radius 2 is 1.80 bits per heavy atom. The molecule has 0 radical (unpaired) electrons. The lowest BCUT2D eigenvalue weighted by molar-refractivity contribution is 0.103. The summed E-state index contributed by atoms with van der Waals surface area (Å²) in [6, 6.07) is 13.7. The summed E-state index contributed by atoms with van der Waals surface area (Å²) in [5, 5.41) is 16.0. The summed E-state index contributed by atoms with van der Waals surface area (Å²) in [6.45, 7) is 7.87. The Morgan fingerprint density at radius 1 is 1.06 bits per heavy atom. The van der Waals surface area contributed by atoms with E-state index in [1.807, 2.05) is 63.2 Å². The van der Waals surface area contributed by atoms with Crippen molar-refractivity contribution in [1.29, 1.82) is 0 Å². The van der Waals surface area contributed by atoms with E-state index in [2.05, 4.69) is 30.7 Å². The number of carbonyl (C=O) groups excluding carboxylic acids is 1. The van der Waals surface area contributed by atoms with Crippen molar-refractivity contribution in [2.75, 3.05) is 5.32 Å². The number of nitrogens with zero attached hydrogens (tertiary/aromatic N) is 5. The van der Waals surface area contributed by atoms with Crippen LogP contribution in [0.5, 0.6) is 0 Å². The number of aromatic nitrogens is 6. The fraction of sp³-hybridized carbons (Fsp3) is 0.200. The average Bonchev–Trinajstić information content (AvgIpc) is 3.41. The second-order valence-electron chi connectivity index (χ2n) is 8.53. The van der Waals surface area contributed by atoms with Crippen molar-refractivity contribution in [1.82, 2.24) is 30.2 Å². The smallest absolute Gasteiger partial charge is 0.266 e. The van der Waals surface area contributed by atoms with E-state index in [4.69, 9.17) is 0 Å². The van der Waals surface area contributed by atoms with Crippen LogP contribution in [0.4, 0.5) is 5.69 Å². The molecule has 10 heteroatoms. The molecule has 2 aromatic carbocycles. The number of aromatic amines is 1. The van der Waals surface area contributed by atoms with Gasteiger partial charge in [0, 0.05) is 11.3 Å². The van der Waals surface area contributed by atoms with Crippen molar-refractivity contribution in [3.8, 4) is 11.4 Å². The quantitative estimate of drug-likeness (QED) is 0.386. The van der Waals surface area contributed by atoms with Crippen LogP contribution in [0.1, 0.15) is 37.7 Å². The molecule has 0 fully saturated rings. The highest BCUT2D eigenvalue weighted by molar-refractivity contribution is 7.20. The van der Waals surface area contributed by atoms with Gasteiger partial charge in [0.1, 0.15) is 17.2 Å². The topological polar surface area (TPSA) is 118 Å². The van der Waals surface area contributed by atoms with Crippen molar-refractivity contribution >= 4 is 33.1 Å². The molecule has 0 atom stereocenters. The molecule has 3 aromatic heterocycles. The highest BCUT2D eigenvalue weighted by Crippen LogP contribution is 2.28. The van der Waals surface area contributed by atoms with Gasteiger partial charge in [0.15, 0.2) is 0 Å². The van der Waals surface area contributed by atoms with Crippen molar-refractivity contribution < 1.29 is 4.79 Å². The van der Waals surface area contributed by atoms with Crippen LogP contribution in [0.25, 0.3) is 21.6 Å². The molecule has 5 rings (SSSR count). The average molecular weight is 486 g/mol. The minimum atomic E-state index is -0.303. The van der Waals surface area contributed by atoms with Gasteiger partial charge in [-0.15, -0.1) is 21.5 Å². The Labute approximate surface area is 204 Å². The third-order valence-corrected chi connectivity index (χ3v) is 6.92. The first-order valence-corrected chi connectivity index (χ1v) is 11.9. The van der Waals surface area contributed by atoms with Crippen molar-refractivity contribution in [2.24, 2.45) is 0 Å². The number of thiophene rings is 1. The van der Waals surface area contributed by atoms with Crippen molar-refractivity contribution in [2.45, 2.75) is 34.2 Å². The summed E-state index contributed by atoms with van der Waals surface area (Å²) in [7, 11) is 0. The molecule has 1 amide bonds. The fourth-order valence-electron chi connectivity index (χ4n) is 3.88. The van der Waals surface area contributed by atoms with Gasteiger partial charge in [-0.2, -0.15) is 4.80 Å². The highest BCUT2D eigenvalue weighted by atomic mass is 32.1. The largest absolute Gasteiger partial charge is 0.321 e. The second-order valence-corrected chi connectivity index (χ2v) is 9.53. The van der Waals surface area contributed by atoms with Gasteiger partial charge >= 0.3 is 0 Å². The maximum absolute atomic E-state index is 13.0. The molecule has 0 saturated heterocycles. The third-order valence-electron chi connectivity index (χ3n) is 5.74. The van der Waals surface area contributed by atoms with Gasteiger partial charge in [0.2, 0.25) is 5.82 Å². The normalized spacial score (nSPS) is 11.2. The van der Waals surface area contributed by atoms with Gasteiger partial charge in [0.05, 0.1) is 10.3 Å². The van der Waals surface area contributed by atoms with Crippen molar-refractivity contribution in [3.63, 3.8) is 0 Å². The maximum Gasteiger partial charge on any atom is 0.266 e. The number of aryl methyl sites for hydroxylation is 4. The first-order valence-electron chi connectivity index (χ1n) is 11.0. The van der Waals surface area contributed by atoms with Gasteiger partial charge in [0.25, 0.3) is 11.5 Å². The van der Waals surface area contributed by atoms with Crippen LogP contribution in [0.15, 0.2) is 47.3 Å². The molecule has 0 saturated carbocycles. The number of tetrazole rings is 1. The monoisotopic (exact) mass is 485 g/mol. The number of anilines is 1. The van der Waals surface area contributed by atoms with E-state index in [9.17, 15) is 9.59 Å². The third kappa shape index (κ3) is 4.47. The van der Waals surface area contributed by atoms with Crippen LogP contribution in [-0.2, 0) is 6.54 Å². The summed E-state index contributed by atoms with van der Waals surface area (Å²) < 4.78 is 0. The molecule has 2 N–H and O–H groups in total. The molecule has 176 valence electrons. The Bertz CT molecular complexity index is 1630. The highest BCUT2D eigenvalue weighted by Gasteiger charge is 2.20. The lowest BCUT2D eigenvalue weighted by atomic mass is 10.1. The number of hydrogen-bond acceptors (Lipinski definition) is 7. The number of carbonyl (C=O) groups is 1. The van der Waals surface area contributed by atoms with E-state index in [0.717, 1.165) is 27.9 Å². The fourth-order valence-corrected chi connectivity index (χ4v) is 4.97. The van der Waals surface area contributed by atoms with Gasteiger partial charge < -0.3 is 10.3 Å². The number of benzene rings is 2. The molecule has 0 aliphatic carbocycles. The minimum absolute atomic E-state index is 0.144. The second kappa shape index (κ2) is 8.88. The molecule has 9 nitrogen and oxygen atoms in total. The Balaban J connectivity index is 1.42. The first kappa shape index (κ1) is 22.6. The Kier molecular flexibility index (Phi) is 5.73. The Hall–Kier alpha value is -4.18. The van der Waals surface area contributed by atoms with E-state index < -0.39 is 0 Å². The van der Waals surface area contributed by atoms with Crippen LogP contribution >= 0.6 is 11.3 Å². The molecule has 5 aromatic rings. The lowest BCUT2D eigenvalue weighted by Crippen LogP contribution is -2.16. The molecular formula is C25H23N7O2S. The van der Waals surface area contributed by atoms with E-state index in [1.54, 1.807) is 6.92 Å². The predicted molar refractivity (Wildman–Crippen MR) is 136 cm³/mol. The summed E-state index contributed by atoms with van der Waals surface area (Å²) >= 11 is 1.19. The molecule has 35 heavy (non-hydrogen) atoms. The summed E-state index contributed by atoms with van der Waals surface area (Å²) in [6.07, 6.45) is 0. The van der Waals surface area contributed by atoms with Crippen molar-refractivity contribution in [3.05, 3.63) is 85.8 Å².